The predicted molar refractivity (Wildman–Crippen MR) is 68.1 cm³/mol. The maximum atomic E-state index is 10.1. The molecule has 1 aliphatic heterocycles. The van der Waals surface area contributed by atoms with Crippen molar-refractivity contribution in [2.45, 2.75) is 69.0 Å². The van der Waals surface area contributed by atoms with Gasteiger partial charge in [-0.3, -0.25) is 0 Å². The van der Waals surface area contributed by atoms with Gasteiger partial charge in [-0.25, -0.2) is 0 Å². The van der Waals surface area contributed by atoms with E-state index in [0.29, 0.717) is 19.4 Å². The van der Waals surface area contributed by atoms with E-state index in [1.807, 2.05) is 0 Å². The Morgan fingerprint density at radius 2 is 2.00 bits per heavy atom. The lowest BCUT2D eigenvalue weighted by Gasteiger charge is -2.32. The molecule has 1 heterocycles. The molecule has 0 aromatic rings. The third-order valence-corrected chi connectivity index (χ3v) is 3.87. The Balaban J connectivity index is 1.82. The standard InChI is InChI=1S/C14H24O4/c1-2-6-11(15)9-12(16)13-10-17-14(18-13)7-4-3-5-8-14/h2,11-13,15-16H,1,3-10H2/t11-,12-,13+/m0/s1. The van der Waals surface area contributed by atoms with Crippen molar-refractivity contribution in [3.8, 4) is 0 Å². The molecule has 4 heteroatoms. The van der Waals surface area contributed by atoms with Crippen LogP contribution in [0.1, 0.15) is 44.9 Å². The van der Waals surface area contributed by atoms with Gasteiger partial charge in [0.1, 0.15) is 6.10 Å². The zero-order valence-corrected chi connectivity index (χ0v) is 10.9. The zero-order valence-electron chi connectivity index (χ0n) is 10.9. The van der Waals surface area contributed by atoms with Crippen molar-refractivity contribution in [3.63, 3.8) is 0 Å². The number of aliphatic hydroxyl groups is 2. The summed E-state index contributed by atoms with van der Waals surface area (Å²) in [6, 6.07) is 0. The highest BCUT2D eigenvalue weighted by molar-refractivity contribution is 4.86. The van der Waals surface area contributed by atoms with Gasteiger partial charge in [-0.05, 0) is 19.3 Å². The number of hydrogen-bond acceptors (Lipinski definition) is 4. The first kappa shape index (κ1) is 14.0. The Labute approximate surface area is 109 Å². The Hall–Kier alpha value is -0.420. The maximum absolute atomic E-state index is 10.1. The number of hydrogen-bond donors (Lipinski definition) is 2. The van der Waals surface area contributed by atoms with Gasteiger partial charge in [0, 0.05) is 19.3 Å². The molecule has 2 rings (SSSR count). The first-order valence-electron chi connectivity index (χ1n) is 6.94. The molecule has 0 amide bonds. The van der Waals surface area contributed by atoms with Crippen molar-refractivity contribution in [3.05, 3.63) is 12.7 Å². The highest BCUT2D eigenvalue weighted by Crippen LogP contribution is 2.38. The smallest absolute Gasteiger partial charge is 0.169 e. The van der Waals surface area contributed by atoms with Crippen LogP contribution < -0.4 is 0 Å². The highest BCUT2D eigenvalue weighted by atomic mass is 16.7. The topological polar surface area (TPSA) is 58.9 Å². The Bertz CT molecular complexity index is 273. The molecule has 0 radical (unpaired) electrons. The van der Waals surface area contributed by atoms with Crippen LogP contribution in [-0.4, -0.2) is 40.9 Å². The molecule has 1 aliphatic carbocycles. The molecule has 104 valence electrons. The van der Waals surface area contributed by atoms with E-state index in [0.717, 1.165) is 25.7 Å². The summed E-state index contributed by atoms with van der Waals surface area (Å²) in [5.41, 5.74) is 0. The monoisotopic (exact) mass is 256 g/mol. The van der Waals surface area contributed by atoms with Crippen molar-refractivity contribution in [1.29, 1.82) is 0 Å². The van der Waals surface area contributed by atoms with Gasteiger partial charge in [-0.2, -0.15) is 0 Å². The fraction of sp³-hybridized carbons (Fsp3) is 0.857. The average Bonchev–Trinajstić information content (AvgIpc) is 2.74. The van der Waals surface area contributed by atoms with Crippen LogP contribution in [0.5, 0.6) is 0 Å². The minimum absolute atomic E-state index is 0.303. The van der Waals surface area contributed by atoms with Crippen molar-refractivity contribution < 1.29 is 19.7 Å². The number of aliphatic hydroxyl groups excluding tert-OH is 2. The lowest BCUT2D eigenvalue weighted by atomic mass is 9.94. The van der Waals surface area contributed by atoms with E-state index >= 15 is 0 Å². The van der Waals surface area contributed by atoms with Crippen LogP contribution in [0.15, 0.2) is 12.7 Å². The van der Waals surface area contributed by atoms with E-state index in [2.05, 4.69) is 6.58 Å². The first-order chi connectivity index (χ1) is 8.65. The summed E-state index contributed by atoms with van der Waals surface area (Å²) >= 11 is 0. The highest BCUT2D eigenvalue weighted by Gasteiger charge is 2.44. The second-order valence-corrected chi connectivity index (χ2v) is 5.42. The summed E-state index contributed by atoms with van der Waals surface area (Å²) in [5, 5.41) is 19.7. The lowest BCUT2D eigenvalue weighted by molar-refractivity contribution is -0.196. The summed E-state index contributed by atoms with van der Waals surface area (Å²) in [4.78, 5) is 0. The molecular formula is C14H24O4. The molecular weight excluding hydrogens is 232 g/mol. The number of rotatable bonds is 5. The summed E-state index contributed by atoms with van der Waals surface area (Å²) in [6.07, 6.45) is 6.28. The maximum Gasteiger partial charge on any atom is 0.169 e. The van der Waals surface area contributed by atoms with Gasteiger partial charge < -0.3 is 19.7 Å². The van der Waals surface area contributed by atoms with Gasteiger partial charge in [0.2, 0.25) is 0 Å². The second-order valence-electron chi connectivity index (χ2n) is 5.42. The Kier molecular flexibility index (Phi) is 4.78. The quantitative estimate of drug-likeness (QED) is 0.736. The molecule has 0 aromatic heterocycles. The Morgan fingerprint density at radius 3 is 2.67 bits per heavy atom. The van der Waals surface area contributed by atoms with Crippen molar-refractivity contribution in [2.24, 2.45) is 0 Å². The summed E-state index contributed by atoms with van der Waals surface area (Å²) < 4.78 is 11.7. The van der Waals surface area contributed by atoms with Crippen LogP contribution in [-0.2, 0) is 9.47 Å². The molecule has 2 aliphatic rings. The summed E-state index contributed by atoms with van der Waals surface area (Å²) in [5.74, 6) is -0.451. The average molecular weight is 256 g/mol. The van der Waals surface area contributed by atoms with Gasteiger partial charge in [-0.15, -0.1) is 6.58 Å². The van der Waals surface area contributed by atoms with E-state index < -0.39 is 18.0 Å². The molecule has 0 aromatic carbocycles. The fourth-order valence-corrected chi connectivity index (χ4v) is 2.84. The third kappa shape index (κ3) is 3.32. The van der Waals surface area contributed by atoms with Crippen LogP contribution in [0.4, 0.5) is 0 Å². The molecule has 0 unspecified atom stereocenters. The molecule has 1 saturated carbocycles. The summed E-state index contributed by atoms with van der Waals surface area (Å²) in [6.45, 7) is 4.01. The van der Waals surface area contributed by atoms with E-state index in [1.165, 1.54) is 6.42 Å². The van der Waals surface area contributed by atoms with E-state index in [1.54, 1.807) is 6.08 Å². The third-order valence-electron chi connectivity index (χ3n) is 3.87. The van der Waals surface area contributed by atoms with E-state index in [-0.39, 0.29) is 6.10 Å². The SMILES string of the molecule is C=CC[C@H](O)C[C@H](O)[C@H]1COC2(CCCCC2)O1. The normalized spacial score (nSPS) is 30.2. The molecule has 2 fully saturated rings. The van der Waals surface area contributed by atoms with Gasteiger partial charge in [0.25, 0.3) is 0 Å². The van der Waals surface area contributed by atoms with Crippen molar-refractivity contribution in [2.75, 3.05) is 6.61 Å². The van der Waals surface area contributed by atoms with Crippen LogP contribution >= 0.6 is 0 Å². The molecule has 3 atom stereocenters. The second kappa shape index (κ2) is 6.15. The van der Waals surface area contributed by atoms with Crippen LogP contribution in [0.3, 0.4) is 0 Å². The zero-order chi connectivity index (χ0) is 13.0. The minimum atomic E-state index is -0.666. The minimum Gasteiger partial charge on any atom is -0.393 e. The van der Waals surface area contributed by atoms with Gasteiger partial charge >= 0.3 is 0 Å². The van der Waals surface area contributed by atoms with Crippen molar-refractivity contribution >= 4 is 0 Å². The largest absolute Gasteiger partial charge is 0.393 e. The Morgan fingerprint density at radius 1 is 1.28 bits per heavy atom. The van der Waals surface area contributed by atoms with Crippen LogP contribution in [0, 0.1) is 0 Å². The van der Waals surface area contributed by atoms with Gasteiger partial charge in [0.05, 0.1) is 18.8 Å². The van der Waals surface area contributed by atoms with Crippen molar-refractivity contribution in [1.82, 2.24) is 0 Å². The van der Waals surface area contributed by atoms with Gasteiger partial charge in [-0.1, -0.05) is 12.5 Å². The fourth-order valence-electron chi connectivity index (χ4n) is 2.84. The van der Waals surface area contributed by atoms with E-state index in [4.69, 9.17) is 9.47 Å². The molecule has 2 N–H and O–H groups in total. The number of ether oxygens (including phenoxy) is 2. The molecule has 18 heavy (non-hydrogen) atoms. The molecule has 1 spiro atoms. The van der Waals surface area contributed by atoms with Crippen LogP contribution in [0.2, 0.25) is 0 Å². The molecule has 0 bridgehead atoms. The summed E-state index contributed by atoms with van der Waals surface area (Å²) in [7, 11) is 0. The first-order valence-corrected chi connectivity index (χ1v) is 6.94. The van der Waals surface area contributed by atoms with E-state index in [9.17, 15) is 10.2 Å². The molecule has 1 saturated heterocycles. The van der Waals surface area contributed by atoms with Gasteiger partial charge in [0.15, 0.2) is 5.79 Å². The predicted octanol–water partition coefficient (Wildman–Crippen LogP) is 1.75. The van der Waals surface area contributed by atoms with Crippen LogP contribution in [0.25, 0.3) is 0 Å². The molecule has 4 nitrogen and oxygen atoms in total. The lowest BCUT2D eigenvalue weighted by Crippen LogP contribution is -2.37.